The maximum absolute atomic E-state index is 10.6. The summed E-state index contributed by atoms with van der Waals surface area (Å²) in [5, 5.41) is 0. The summed E-state index contributed by atoms with van der Waals surface area (Å²) in [4.78, 5) is 21.2. The summed E-state index contributed by atoms with van der Waals surface area (Å²) < 4.78 is 4.24. The van der Waals surface area contributed by atoms with E-state index in [4.69, 9.17) is 11.6 Å². The maximum Gasteiger partial charge on any atom is 0.343 e. The van der Waals surface area contributed by atoms with Crippen molar-refractivity contribution in [1.82, 2.24) is 0 Å². The SMILES string of the molecule is CC1=C(CCl)C(=O)OC1=O. The number of alkyl halides is 1. The van der Waals surface area contributed by atoms with Crippen LogP contribution in [0.25, 0.3) is 0 Å². The first-order chi connectivity index (χ1) is 4.66. The molecule has 0 radical (unpaired) electrons. The molecule has 0 saturated heterocycles. The van der Waals surface area contributed by atoms with Crippen LogP contribution in [0.15, 0.2) is 11.1 Å². The molecular weight excluding hydrogens is 156 g/mol. The van der Waals surface area contributed by atoms with Crippen LogP contribution in [0.1, 0.15) is 6.92 Å². The molecule has 0 aromatic rings. The molecule has 10 heavy (non-hydrogen) atoms. The lowest BCUT2D eigenvalue weighted by Gasteiger charge is -1.87. The predicted molar refractivity (Wildman–Crippen MR) is 34.5 cm³/mol. The summed E-state index contributed by atoms with van der Waals surface area (Å²) in [7, 11) is 0. The topological polar surface area (TPSA) is 43.4 Å². The van der Waals surface area contributed by atoms with E-state index in [1.54, 1.807) is 0 Å². The van der Waals surface area contributed by atoms with Gasteiger partial charge in [0, 0.05) is 5.57 Å². The number of ether oxygens (including phenoxy) is 1. The number of halogens is 1. The number of rotatable bonds is 1. The average molecular weight is 161 g/mol. The van der Waals surface area contributed by atoms with Gasteiger partial charge in [-0.25, -0.2) is 9.59 Å². The first-order valence-corrected chi connectivity index (χ1v) is 3.22. The summed E-state index contributed by atoms with van der Waals surface area (Å²) in [6.45, 7) is 1.52. The van der Waals surface area contributed by atoms with Gasteiger partial charge in [-0.05, 0) is 6.92 Å². The first-order valence-electron chi connectivity index (χ1n) is 2.69. The van der Waals surface area contributed by atoms with E-state index in [0.717, 1.165) is 0 Å². The van der Waals surface area contributed by atoms with Crippen LogP contribution in [0.2, 0.25) is 0 Å². The van der Waals surface area contributed by atoms with E-state index in [1.165, 1.54) is 6.92 Å². The Morgan fingerprint density at radius 2 is 2.00 bits per heavy atom. The molecule has 0 fully saturated rings. The average Bonchev–Trinajstić information content (AvgIpc) is 2.09. The molecule has 1 aliphatic rings. The van der Waals surface area contributed by atoms with E-state index in [1.807, 2.05) is 0 Å². The van der Waals surface area contributed by atoms with Crippen LogP contribution in [-0.4, -0.2) is 17.8 Å². The molecule has 1 rings (SSSR count). The molecule has 0 atom stereocenters. The molecule has 0 saturated carbocycles. The van der Waals surface area contributed by atoms with Crippen molar-refractivity contribution in [2.75, 3.05) is 5.88 Å². The molecule has 0 aromatic carbocycles. The molecule has 54 valence electrons. The number of cyclic esters (lactones) is 2. The van der Waals surface area contributed by atoms with E-state index in [0.29, 0.717) is 5.57 Å². The van der Waals surface area contributed by atoms with Gasteiger partial charge in [0.05, 0.1) is 11.5 Å². The number of carbonyl (C=O) groups is 2. The van der Waals surface area contributed by atoms with Crippen molar-refractivity contribution in [2.45, 2.75) is 6.92 Å². The minimum atomic E-state index is -0.613. The number of hydrogen-bond acceptors (Lipinski definition) is 3. The van der Waals surface area contributed by atoms with E-state index < -0.39 is 11.9 Å². The van der Waals surface area contributed by atoms with Gasteiger partial charge in [0.15, 0.2) is 0 Å². The van der Waals surface area contributed by atoms with Crippen molar-refractivity contribution >= 4 is 23.5 Å². The fourth-order valence-electron chi connectivity index (χ4n) is 0.653. The van der Waals surface area contributed by atoms with Gasteiger partial charge in [-0.3, -0.25) is 0 Å². The lowest BCUT2D eigenvalue weighted by Crippen LogP contribution is -2.02. The molecule has 1 heterocycles. The van der Waals surface area contributed by atoms with E-state index in [9.17, 15) is 9.59 Å². The van der Waals surface area contributed by atoms with Crippen molar-refractivity contribution in [2.24, 2.45) is 0 Å². The van der Waals surface area contributed by atoms with Crippen molar-refractivity contribution in [3.05, 3.63) is 11.1 Å². The Labute approximate surface area is 62.6 Å². The molecule has 0 N–H and O–H groups in total. The molecule has 0 aliphatic carbocycles. The highest BCUT2D eigenvalue weighted by Crippen LogP contribution is 2.17. The van der Waals surface area contributed by atoms with Crippen LogP contribution in [0, 0.1) is 0 Å². The van der Waals surface area contributed by atoms with Crippen LogP contribution in [-0.2, 0) is 14.3 Å². The molecule has 0 spiro atoms. The third-order valence-electron chi connectivity index (χ3n) is 1.32. The monoisotopic (exact) mass is 160 g/mol. The van der Waals surface area contributed by atoms with Crippen LogP contribution in [0.5, 0.6) is 0 Å². The Morgan fingerprint density at radius 3 is 2.20 bits per heavy atom. The van der Waals surface area contributed by atoms with Crippen LogP contribution in [0.3, 0.4) is 0 Å². The Morgan fingerprint density at radius 1 is 1.40 bits per heavy atom. The molecule has 4 heteroatoms. The highest BCUT2D eigenvalue weighted by molar-refractivity contribution is 6.25. The van der Waals surface area contributed by atoms with Gasteiger partial charge >= 0.3 is 11.9 Å². The Kier molecular flexibility index (Phi) is 1.76. The highest BCUT2D eigenvalue weighted by atomic mass is 35.5. The molecule has 1 aliphatic heterocycles. The molecule has 0 aromatic heterocycles. The molecule has 0 unspecified atom stereocenters. The van der Waals surface area contributed by atoms with Crippen molar-refractivity contribution < 1.29 is 14.3 Å². The Bertz CT molecular complexity index is 229. The molecule has 3 nitrogen and oxygen atoms in total. The maximum atomic E-state index is 10.6. The third kappa shape index (κ3) is 0.926. The molecule has 0 amide bonds. The van der Waals surface area contributed by atoms with Gasteiger partial charge in [0.1, 0.15) is 0 Å². The summed E-state index contributed by atoms with van der Waals surface area (Å²) in [5.74, 6) is -1.16. The van der Waals surface area contributed by atoms with Gasteiger partial charge in [-0.15, -0.1) is 11.6 Å². The zero-order valence-corrected chi connectivity index (χ0v) is 6.07. The predicted octanol–water partition coefficient (Wildman–Crippen LogP) is 0.625. The zero-order valence-electron chi connectivity index (χ0n) is 5.31. The quantitative estimate of drug-likeness (QED) is 0.321. The normalized spacial score (nSPS) is 18.2. The second-order valence-corrected chi connectivity index (χ2v) is 2.18. The summed E-state index contributed by atoms with van der Waals surface area (Å²) >= 11 is 5.35. The largest absolute Gasteiger partial charge is 0.386 e. The van der Waals surface area contributed by atoms with Crippen LogP contribution >= 0.6 is 11.6 Å². The van der Waals surface area contributed by atoms with Crippen LogP contribution < -0.4 is 0 Å². The molecular formula is C6H5ClO3. The Hall–Kier alpha value is -0.830. The molecule has 0 bridgehead atoms. The van der Waals surface area contributed by atoms with E-state index >= 15 is 0 Å². The zero-order chi connectivity index (χ0) is 7.72. The van der Waals surface area contributed by atoms with Gasteiger partial charge in [0.2, 0.25) is 0 Å². The summed E-state index contributed by atoms with van der Waals surface area (Å²) in [5.41, 5.74) is 0.590. The smallest absolute Gasteiger partial charge is 0.343 e. The number of hydrogen-bond donors (Lipinski definition) is 0. The lowest BCUT2D eigenvalue weighted by molar-refractivity contribution is -0.151. The third-order valence-corrected chi connectivity index (χ3v) is 1.59. The first kappa shape index (κ1) is 7.28. The van der Waals surface area contributed by atoms with E-state index in [-0.39, 0.29) is 11.5 Å². The van der Waals surface area contributed by atoms with Crippen molar-refractivity contribution in [1.29, 1.82) is 0 Å². The van der Waals surface area contributed by atoms with Gasteiger partial charge in [-0.1, -0.05) is 0 Å². The van der Waals surface area contributed by atoms with Crippen LogP contribution in [0.4, 0.5) is 0 Å². The highest BCUT2D eigenvalue weighted by Gasteiger charge is 2.28. The lowest BCUT2D eigenvalue weighted by atomic mass is 10.2. The summed E-state index contributed by atoms with van der Waals surface area (Å²) in [6.07, 6.45) is 0. The minimum Gasteiger partial charge on any atom is -0.386 e. The minimum absolute atomic E-state index is 0.0381. The second-order valence-electron chi connectivity index (χ2n) is 1.91. The fraction of sp³-hybridized carbons (Fsp3) is 0.333. The van der Waals surface area contributed by atoms with Crippen molar-refractivity contribution in [3.8, 4) is 0 Å². The summed E-state index contributed by atoms with van der Waals surface area (Å²) in [6, 6.07) is 0. The number of esters is 2. The fourth-order valence-corrected chi connectivity index (χ4v) is 0.963. The second kappa shape index (κ2) is 2.42. The van der Waals surface area contributed by atoms with E-state index in [2.05, 4.69) is 4.74 Å². The Balaban J connectivity index is 3.01. The van der Waals surface area contributed by atoms with Gasteiger partial charge in [-0.2, -0.15) is 0 Å². The number of carbonyl (C=O) groups excluding carboxylic acids is 2. The van der Waals surface area contributed by atoms with Gasteiger partial charge in [0.25, 0.3) is 0 Å². The van der Waals surface area contributed by atoms with Crippen molar-refractivity contribution in [3.63, 3.8) is 0 Å². The standard InChI is InChI=1S/C6H5ClO3/c1-3-4(2-7)6(9)10-5(3)8/h2H2,1H3. The van der Waals surface area contributed by atoms with Gasteiger partial charge < -0.3 is 4.74 Å².